The Hall–Kier alpha value is -2.82. The molecule has 0 aliphatic heterocycles. The van der Waals surface area contributed by atoms with Crippen molar-refractivity contribution >= 4 is 11.9 Å². The van der Waals surface area contributed by atoms with Crippen molar-refractivity contribution in [1.29, 1.82) is 0 Å². The number of phenols is 1. The molecule has 114 valence electrons. The summed E-state index contributed by atoms with van der Waals surface area (Å²) in [5.41, 5.74) is 2.38. The Kier molecular flexibility index (Phi) is 5.14. The molecule has 2 rings (SSSR count). The van der Waals surface area contributed by atoms with Gasteiger partial charge in [-0.2, -0.15) is 0 Å². The van der Waals surface area contributed by atoms with Crippen molar-refractivity contribution in [3.63, 3.8) is 0 Å². The number of aryl methyl sites for hydroxylation is 1. The van der Waals surface area contributed by atoms with Crippen LogP contribution >= 0.6 is 0 Å². The summed E-state index contributed by atoms with van der Waals surface area (Å²) in [5.74, 6) is -0.908. The van der Waals surface area contributed by atoms with Crippen molar-refractivity contribution in [3.8, 4) is 5.75 Å². The van der Waals surface area contributed by atoms with Gasteiger partial charge in [-0.25, -0.2) is 4.79 Å². The van der Waals surface area contributed by atoms with Crippen molar-refractivity contribution in [1.82, 2.24) is 5.32 Å². The van der Waals surface area contributed by atoms with Crippen LogP contribution in [0.3, 0.4) is 0 Å². The van der Waals surface area contributed by atoms with E-state index in [0.29, 0.717) is 6.54 Å². The van der Waals surface area contributed by atoms with Gasteiger partial charge in [-0.1, -0.05) is 24.3 Å². The quantitative estimate of drug-likeness (QED) is 0.830. The Balaban J connectivity index is 1.79. The monoisotopic (exact) mass is 299 g/mol. The van der Waals surface area contributed by atoms with Crippen LogP contribution in [0.4, 0.5) is 0 Å². The molecular weight excluding hydrogens is 282 g/mol. The number of rotatable bonds is 5. The SMILES string of the molecule is Cc1ccccc1CNC(=O)COC(=O)c1ccc(O)cc1. The predicted molar refractivity (Wildman–Crippen MR) is 81.4 cm³/mol. The van der Waals surface area contributed by atoms with Gasteiger partial charge in [-0.15, -0.1) is 0 Å². The molecule has 2 aromatic carbocycles. The number of esters is 1. The van der Waals surface area contributed by atoms with E-state index in [1.807, 2.05) is 31.2 Å². The fourth-order valence-electron chi connectivity index (χ4n) is 1.87. The summed E-state index contributed by atoms with van der Waals surface area (Å²) >= 11 is 0. The second kappa shape index (κ2) is 7.26. The molecule has 1 amide bonds. The summed E-state index contributed by atoms with van der Waals surface area (Å²) in [6, 6.07) is 13.4. The molecule has 5 heteroatoms. The highest BCUT2D eigenvalue weighted by Gasteiger charge is 2.10. The summed E-state index contributed by atoms with van der Waals surface area (Å²) in [5, 5.41) is 11.8. The molecule has 5 nitrogen and oxygen atoms in total. The number of aromatic hydroxyl groups is 1. The summed E-state index contributed by atoms with van der Waals surface area (Å²) < 4.78 is 4.92. The number of ether oxygens (including phenoxy) is 1. The maximum atomic E-state index is 11.7. The van der Waals surface area contributed by atoms with Crippen LogP contribution in [0, 0.1) is 6.92 Å². The average Bonchev–Trinajstić information content (AvgIpc) is 2.52. The fourth-order valence-corrected chi connectivity index (χ4v) is 1.87. The van der Waals surface area contributed by atoms with Gasteiger partial charge in [-0.3, -0.25) is 4.79 Å². The third-order valence-corrected chi connectivity index (χ3v) is 3.17. The minimum Gasteiger partial charge on any atom is -0.508 e. The number of amides is 1. The highest BCUT2D eigenvalue weighted by atomic mass is 16.5. The Labute approximate surface area is 128 Å². The molecule has 0 atom stereocenters. The van der Waals surface area contributed by atoms with Crippen molar-refractivity contribution < 1.29 is 19.4 Å². The fraction of sp³-hybridized carbons (Fsp3) is 0.176. The van der Waals surface area contributed by atoms with Gasteiger partial charge in [0.05, 0.1) is 5.56 Å². The second-order valence-electron chi connectivity index (χ2n) is 4.83. The largest absolute Gasteiger partial charge is 0.508 e. The molecule has 0 heterocycles. The Morgan fingerprint density at radius 2 is 1.77 bits per heavy atom. The van der Waals surface area contributed by atoms with Crippen molar-refractivity contribution in [3.05, 3.63) is 65.2 Å². The third kappa shape index (κ3) is 4.34. The maximum Gasteiger partial charge on any atom is 0.338 e. The molecule has 2 aromatic rings. The van der Waals surface area contributed by atoms with Crippen LogP contribution in [0.1, 0.15) is 21.5 Å². The van der Waals surface area contributed by atoms with Crippen LogP contribution in [0.15, 0.2) is 48.5 Å². The normalized spacial score (nSPS) is 10.0. The van der Waals surface area contributed by atoms with Crippen LogP contribution in [-0.4, -0.2) is 23.6 Å². The first kappa shape index (κ1) is 15.6. The van der Waals surface area contributed by atoms with Gasteiger partial charge in [0, 0.05) is 6.54 Å². The number of carbonyl (C=O) groups excluding carboxylic acids is 2. The lowest BCUT2D eigenvalue weighted by Crippen LogP contribution is -2.28. The summed E-state index contributed by atoms with van der Waals surface area (Å²) in [6.45, 7) is 2.01. The summed E-state index contributed by atoms with van der Waals surface area (Å²) in [7, 11) is 0. The molecule has 0 saturated heterocycles. The first-order valence-corrected chi connectivity index (χ1v) is 6.83. The first-order valence-electron chi connectivity index (χ1n) is 6.83. The van der Waals surface area contributed by atoms with E-state index >= 15 is 0 Å². The zero-order valence-electron chi connectivity index (χ0n) is 12.2. The van der Waals surface area contributed by atoms with Gasteiger partial charge >= 0.3 is 5.97 Å². The Morgan fingerprint density at radius 1 is 1.09 bits per heavy atom. The van der Waals surface area contributed by atoms with Crippen LogP contribution in [0.5, 0.6) is 5.75 Å². The minimum atomic E-state index is -0.606. The Morgan fingerprint density at radius 3 is 2.45 bits per heavy atom. The molecule has 0 fully saturated rings. The van der Waals surface area contributed by atoms with E-state index in [0.717, 1.165) is 11.1 Å². The molecular formula is C17H17NO4. The molecule has 0 aliphatic carbocycles. The molecule has 0 aromatic heterocycles. The van der Waals surface area contributed by atoms with Gasteiger partial charge in [-0.05, 0) is 42.3 Å². The lowest BCUT2D eigenvalue weighted by molar-refractivity contribution is -0.124. The van der Waals surface area contributed by atoms with Crippen LogP contribution in [-0.2, 0) is 16.1 Å². The molecule has 2 N–H and O–H groups in total. The average molecular weight is 299 g/mol. The number of carbonyl (C=O) groups is 2. The zero-order chi connectivity index (χ0) is 15.9. The Bertz CT molecular complexity index is 665. The number of phenolic OH excluding ortho intramolecular Hbond substituents is 1. The zero-order valence-corrected chi connectivity index (χ0v) is 12.2. The number of nitrogens with one attached hydrogen (secondary N) is 1. The van der Waals surface area contributed by atoms with Gasteiger partial charge < -0.3 is 15.2 Å². The summed E-state index contributed by atoms with van der Waals surface area (Å²) in [6.07, 6.45) is 0. The van der Waals surface area contributed by atoms with Crippen molar-refractivity contribution in [2.75, 3.05) is 6.61 Å². The second-order valence-corrected chi connectivity index (χ2v) is 4.83. The molecule has 0 bridgehead atoms. The topological polar surface area (TPSA) is 75.6 Å². The van der Waals surface area contributed by atoms with E-state index in [4.69, 9.17) is 9.84 Å². The van der Waals surface area contributed by atoms with Crippen molar-refractivity contribution in [2.24, 2.45) is 0 Å². The molecule has 22 heavy (non-hydrogen) atoms. The van der Waals surface area contributed by atoms with Crippen molar-refractivity contribution in [2.45, 2.75) is 13.5 Å². The number of benzene rings is 2. The lowest BCUT2D eigenvalue weighted by atomic mass is 10.1. The van der Waals surface area contributed by atoms with E-state index in [1.165, 1.54) is 24.3 Å². The maximum absolute atomic E-state index is 11.7. The van der Waals surface area contributed by atoms with E-state index in [2.05, 4.69) is 5.32 Å². The smallest absolute Gasteiger partial charge is 0.338 e. The van der Waals surface area contributed by atoms with E-state index in [1.54, 1.807) is 0 Å². The number of hydrogen-bond donors (Lipinski definition) is 2. The first-order chi connectivity index (χ1) is 10.6. The van der Waals surface area contributed by atoms with E-state index in [-0.39, 0.29) is 23.8 Å². The minimum absolute atomic E-state index is 0.0625. The van der Waals surface area contributed by atoms with Gasteiger partial charge in [0.25, 0.3) is 5.91 Å². The highest BCUT2D eigenvalue weighted by Crippen LogP contribution is 2.10. The van der Waals surface area contributed by atoms with Gasteiger partial charge in [0.15, 0.2) is 6.61 Å². The lowest BCUT2D eigenvalue weighted by Gasteiger charge is -2.08. The standard InChI is InChI=1S/C17H17NO4/c1-12-4-2-3-5-14(12)10-18-16(20)11-22-17(21)13-6-8-15(19)9-7-13/h2-9,19H,10-11H2,1H3,(H,18,20). The molecule has 0 unspecified atom stereocenters. The van der Waals surface area contributed by atoms with E-state index in [9.17, 15) is 9.59 Å². The van der Waals surface area contributed by atoms with Crippen LogP contribution < -0.4 is 5.32 Å². The third-order valence-electron chi connectivity index (χ3n) is 3.17. The van der Waals surface area contributed by atoms with Gasteiger partial charge in [0.2, 0.25) is 0 Å². The van der Waals surface area contributed by atoms with E-state index < -0.39 is 5.97 Å². The molecule has 0 aliphatic rings. The van der Waals surface area contributed by atoms with Crippen LogP contribution in [0.2, 0.25) is 0 Å². The predicted octanol–water partition coefficient (Wildman–Crippen LogP) is 2.17. The molecule has 0 radical (unpaired) electrons. The molecule has 0 saturated carbocycles. The highest BCUT2D eigenvalue weighted by molar-refractivity contribution is 5.91. The number of hydrogen-bond acceptors (Lipinski definition) is 4. The molecule has 0 spiro atoms. The van der Waals surface area contributed by atoms with Gasteiger partial charge in [0.1, 0.15) is 5.75 Å². The summed E-state index contributed by atoms with van der Waals surface area (Å²) in [4.78, 5) is 23.4. The van der Waals surface area contributed by atoms with Crippen LogP contribution in [0.25, 0.3) is 0 Å².